The second-order valence-corrected chi connectivity index (χ2v) is 5.07. The fourth-order valence-corrected chi connectivity index (χ4v) is 1.64. The van der Waals surface area contributed by atoms with Gasteiger partial charge >= 0.3 is 0 Å². The molecule has 0 unspecified atom stereocenters. The van der Waals surface area contributed by atoms with E-state index in [4.69, 9.17) is 0 Å². The van der Waals surface area contributed by atoms with Gasteiger partial charge in [-0.15, -0.1) is 0 Å². The van der Waals surface area contributed by atoms with Crippen molar-refractivity contribution < 1.29 is 0 Å². The summed E-state index contributed by atoms with van der Waals surface area (Å²) in [4.78, 5) is 10.9. The van der Waals surface area contributed by atoms with Crippen LogP contribution in [0.2, 0.25) is 0 Å². The lowest BCUT2D eigenvalue weighted by atomic mass is 10.3. The molecule has 5 heteroatoms. The normalized spacial score (nSPS) is 11.1. The fourth-order valence-electron chi connectivity index (χ4n) is 1.64. The number of hydrogen-bond acceptors (Lipinski definition) is 5. The highest BCUT2D eigenvalue weighted by atomic mass is 15.1. The quantitative estimate of drug-likeness (QED) is 0.726. The van der Waals surface area contributed by atoms with Gasteiger partial charge in [0, 0.05) is 18.7 Å². The topological polar surface area (TPSA) is 53.1 Å². The monoisotopic (exact) mass is 251 g/mol. The van der Waals surface area contributed by atoms with Crippen molar-refractivity contribution in [3.8, 4) is 0 Å². The molecule has 0 aromatic carbocycles. The van der Waals surface area contributed by atoms with Crippen LogP contribution < -0.4 is 10.6 Å². The van der Waals surface area contributed by atoms with E-state index in [9.17, 15) is 0 Å². The van der Waals surface area contributed by atoms with E-state index >= 15 is 0 Å². The highest BCUT2D eigenvalue weighted by Gasteiger charge is 2.02. The molecule has 18 heavy (non-hydrogen) atoms. The molecule has 0 aliphatic rings. The predicted molar refractivity (Wildman–Crippen MR) is 77.2 cm³/mol. The van der Waals surface area contributed by atoms with Gasteiger partial charge < -0.3 is 15.5 Å². The highest BCUT2D eigenvalue weighted by Crippen LogP contribution is 2.11. The minimum atomic E-state index is 0.376. The van der Waals surface area contributed by atoms with E-state index in [1.165, 1.54) is 0 Å². The van der Waals surface area contributed by atoms with Gasteiger partial charge in [-0.1, -0.05) is 0 Å². The Bertz CT molecular complexity index is 362. The molecule has 102 valence electrons. The van der Waals surface area contributed by atoms with Crippen molar-refractivity contribution in [3.63, 3.8) is 0 Å². The number of rotatable bonds is 7. The van der Waals surface area contributed by atoms with Crippen molar-refractivity contribution in [1.82, 2.24) is 14.9 Å². The van der Waals surface area contributed by atoms with E-state index in [2.05, 4.69) is 53.4 Å². The highest BCUT2D eigenvalue weighted by molar-refractivity contribution is 5.47. The third kappa shape index (κ3) is 5.82. The molecule has 0 aliphatic carbocycles. The van der Waals surface area contributed by atoms with Crippen LogP contribution in [0.5, 0.6) is 0 Å². The molecule has 1 heterocycles. The first-order chi connectivity index (χ1) is 8.47. The minimum absolute atomic E-state index is 0.376. The second kappa shape index (κ2) is 7.16. The van der Waals surface area contributed by atoms with Crippen molar-refractivity contribution in [2.24, 2.45) is 0 Å². The van der Waals surface area contributed by atoms with Gasteiger partial charge in [-0.3, -0.25) is 0 Å². The number of nitrogens with zero attached hydrogens (tertiary/aromatic N) is 3. The van der Waals surface area contributed by atoms with Gasteiger partial charge in [0.2, 0.25) is 0 Å². The summed E-state index contributed by atoms with van der Waals surface area (Å²) in [5.74, 6) is 2.56. The van der Waals surface area contributed by atoms with Crippen LogP contribution in [0.4, 0.5) is 11.6 Å². The minimum Gasteiger partial charge on any atom is -0.370 e. The molecular weight excluding hydrogens is 226 g/mol. The van der Waals surface area contributed by atoms with E-state index < -0.39 is 0 Å². The van der Waals surface area contributed by atoms with Crippen LogP contribution >= 0.6 is 0 Å². The molecule has 1 aromatic heterocycles. The van der Waals surface area contributed by atoms with Gasteiger partial charge in [-0.2, -0.15) is 0 Å². The average molecular weight is 251 g/mol. The van der Waals surface area contributed by atoms with E-state index in [-0.39, 0.29) is 0 Å². The zero-order valence-electron chi connectivity index (χ0n) is 12.1. The molecule has 0 bridgehead atoms. The summed E-state index contributed by atoms with van der Waals surface area (Å²) >= 11 is 0. The Morgan fingerprint density at radius 1 is 1.22 bits per heavy atom. The van der Waals surface area contributed by atoms with E-state index in [1.54, 1.807) is 0 Å². The summed E-state index contributed by atoms with van der Waals surface area (Å²) in [5, 5.41) is 6.63. The first kappa shape index (κ1) is 14.7. The Labute approximate surface area is 110 Å². The zero-order valence-corrected chi connectivity index (χ0v) is 12.1. The number of aryl methyl sites for hydroxylation is 1. The lowest BCUT2D eigenvalue weighted by molar-refractivity contribution is 0.405. The van der Waals surface area contributed by atoms with Gasteiger partial charge in [0.05, 0.1) is 0 Å². The summed E-state index contributed by atoms with van der Waals surface area (Å²) in [7, 11) is 4.17. The molecule has 0 aliphatic heterocycles. The molecule has 0 spiro atoms. The number of nitrogens with one attached hydrogen (secondary N) is 2. The van der Waals surface area contributed by atoms with Crippen LogP contribution in [0, 0.1) is 6.92 Å². The Morgan fingerprint density at radius 2 is 1.89 bits per heavy atom. The van der Waals surface area contributed by atoms with Crippen molar-refractivity contribution >= 4 is 11.6 Å². The molecule has 5 nitrogen and oxygen atoms in total. The van der Waals surface area contributed by atoms with E-state index in [0.29, 0.717) is 6.04 Å². The maximum absolute atomic E-state index is 4.38. The Hall–Kier alpha value is -1.36. The van der Waals surface area contributed by atoms with Crippen LogP contribution in [0.1, 0.15) is 26.1 Å². The molecule has 1 aromatic rings. The van der Waals surface area contributed by atoms with Gasteiger partial charge in [-0.05, 0) is 47.8 Å². The van der Waals surface area contributed by atoms with Gasteiger partial charge in [0.25, 0.3) is 0 Å². The second-order valence-electron chi connectivity index (χ2n) is 5.07. The summed E-state index contributed by atoms with van der Waals surface area (Å²) in [6, 6.07) is 2.34. The van der Waals surface area contributed by atoms with E-state index in [0.717, 1.165) is 37.0 Å². The molecule has 0 saturated heterocycles. The van der Waals surface area contributed by atoms with Gasteiger partial charge in [-0.25, -0.2) is 9.97 Å². The maximum atomic E-state index is 4.38. The first-order valence-corrected chi connectivity index (χ1v) is 6.48. The third-order valence-corrected chi connectivity index (χ3v) is 2.36. The van der Waals surface area contributed by atoms with Crippen LogP contribution in [0.15, 0.2) is 6.07 Å². The zero-order chi connectivity index (χ0) is 13.5. The molecule has 0 atom stereocenters. The SMILES string of the molecule is Cc1nc(NCCCN(C)C)cc(NC(C)C)n1. The summed E-state index contributed by atoms with van der Waals surface area (Å²) in [5.41, 5.74) is 0. The fraction of sp³-hybridized carbons (Fsp3) is 0.692. The molecular formula is C13H25N5. The first-order valence-electron chi connectivity index (χ1n) is 6.48. The molecule has 0 amide bonds. The molecule has 1 rings (SSSR count). The van der Waals surface area contributed by atoms with Crippen LogP contribution in [-0.2, 0) is 0 Å². The van der Waals surface area contributed by atoms with Crippen LogP contribution in [0.25, 0.3) is 0 Å². The Balaban J connectivity index is 2.51. The smallest absolute Gasteiger partial charge is 0.131 e. The van der Waals surface area contributed by atoms with Crippen LogP contribution in [-0.4, -0.2) is 48.1 Å². The molecule has 0 radical (unpaired) electrons. The van der Waals surface area contributed by atoms with Crippen molar-refractivity contribution in [1.29, 1.82) is 0 Å². The molecule has 2 N–H and O–H groups in total. The van der Waals surface area contributed by atoms with Crippen LogP contribution in [0.3, 0.4) is 0 Å². The van der Waals surface area contributed by atoms with E-state index in [1.807, 2.05) is 13.0 Å². The van der Waals surface area contributed by atoms with Crippen molar-refractivity contribution in [2.75, 3.05) is 37.8 Å². The average Bonchev–Trinajstić information content (AvgIpc) is 2.22. The number of anilines is 2. The van der Waals surface area contributed by atoms with Gasteiger partial charge in [0.1, 0.15) is 17.5 Å². The van der Waals surface area contributed by atoms with Crippen molar-refractivity contribution in [2.45, 2.75) is 33.2 Å². The molecule has 0 saturated carbocycles. The summed E-state index contributed by atoms with van der Waals surface area (Å²) in [6.07, 6.45) is 1.10. The summed E-state index contributed by atoms with van der Waals surface area (Å²) < 4.78 is 0. The van der Waals surface area contributed by atoms with Crippen molar-refractivity contribution in [3.05, 3.63) is 11.9 Å². The summed E-state index contributed by atoms with van der Waals surface area (Å²) in [6.45, 7) is 8.11. The third-order valence-electron chi connectivity index (χ3n) is 2.36. The maximum Gasteiger partial charge on any atom is 0.131 e. The molecule has 0 fully saturated rings. The number of hydrogen-bond donors (Lipinski definition) is 2. The largest absolute Gasteiger partial charge is 0.370 e. The Morgan fingerprint density at radius 3 is 2.50 bits per heavy atom. The predicted octanol–water partition coefficient (Wildman–Crippen LogP) is 1.97. The Kier molecular flexibility index (Phi) is 5.85. The standard InChI is InChI=1S/C13H25N5/c1-10(2)15-13-9-12(16-11(3)17-13)14-7-6-8-18(4)5/h9-10H,6-8H2,1-5H3,(H2,14,15,16,17). The lowest BCUT2D eigenvalue weighted by Gasteiger charge is -2.13. The number of aromatic nitrogens is 2. The lowest BCUT2D eigenvalue weighted by Crippen LogP contribution is -2.17. The van der Waals surface area contributed by atoms with Gasteiger partial charge in [0.15, 0.2) is 0 Å².